The van der Waals surface area contributed by atoms with E-state index in [2.05, 4.69) is 5.32 Å². The Hall–Kier alpha value is -3.46. The fourth-order valence-corrected chi connectivity index (χ4v) is 4.37. The van der Waals surface area contributed by atoms with E-state index in [0.717, 1.165) is 28.5 Å². The third-order valence-corrected chi connectivity index (χ3v) is 5.79. The molecule has 3 aromatic rings. The molecular formula is C22H22N2O6S. The molecule has 1 amide bonds. The molecular weight excluding hydrogens is 420 g/mol. The van der Waals surface area contributed by atoms with Crippen molar-refractivity contribution in [2.24, 2.45) is 0 Å². The van der Waals surface area contributed by atoms with Crippen LogP contribution in [0.1, 0.15) is 49.8 Å². The largest absolute Gasteiger partial charge is 0.462 e. The average molecular weight is 442 g/mol. The van der Waals surface area contributed by atoms with Gasteiger partial charge in [-0.25, -0.2) is 9.59 Å². The fraction of sp³-hybridized carbons (Fsp3) is 0.273. The molecule has 9 heteroatoms. The Morgan fingerprint density at radius 2 is 1.77 bits per heavy atom. The summed E-state index contributed by atoms with van der Waals surface area (Å²) in [6, 6.07) is 7.25. The van der Waals surface area contributed by atoms with Crippen LogP contribution in [0.2, 0.25) is 0 Å². The second-order valence-corrected chi connectivity index (χ2v) is 7.62. The van der Waals surface area contributed by atoms with Crippen molar-refractivity contribution in [2.75, 3.05) is 18.5 Å². The van der Waals surface area contributed by atoms with Crippen LogP contribution in [0.15, 0.2) is 30.5 Å². The second-order valence-electron chi connectivity index (χ2n) is 6.60. The molecule has 0 aliphatic heterocycles. The first-order chi connectivity index (χ1) is 14.9. The van der Waals surface area contributed by atoms with Gasteiger partial charge in [0.2, 0.25) is 5.91 Å². The maximum absolute atomic E-state index is 12.8. The minimum atomic E-state index is -0.628. The predicted molar refractivity (Wildman–Crippen MR) is 117 cm³/mol. The zero-order valence-electron chi connectivity index (χ0n) is 17.4. The standard InChI is InChI=1S/C22H22N2O6S/c1-4-29-21(27)18-13(3)19(22(28)30-5-2)31-20(18)23-17(26)11-24-10-14(12-25)15-8-6-7-9-16(15)24/h6-10,12H,4-5,11H2,1-3H3,(H,23,26). The molecule has 0 saturated heterocycles. The minimum Gasteiger partial charge on any atom is -0.462 e. The van der Waals surface area contributed by atoms with Gasteiger partial charge in [0.05, 0.1) is 18.8 Å². The van der Waals surface area contributed by atoms with Gasteiger partial charge in [-0.15, -0.1) is 11.3 Å². The van der Waals surface area contributed by atoms with Gasteiger partial charge in [-0.2, -0.15) is 0 Å². The zero-order valence-corrected chi connectivity index (χ0v) is 18.2. The van der Waals surface area contributed by atoms with Gasteiger partial charge >= 0.3 is 11.9 Å². The Balaban J connectivity index is 1.92. The summed E-state index contributed by atoms with van der Waals surface area (Å²) >= 11 is 0.968. The normalized spacial score (nSPS) is 10.7. The molecule has 162 valence electrons. The van der Waals surface area contributed by atoms with E-state index in [0.29, 0.717) is 11.1 Å². The van der Waals surface area contributed by atoms with E-state index in [9.17, 15) is 19.2 Å². The maximum atomic E-state index is 12.8. The number of rotatable bonds is 8. The molecule has 0 bridgehead atoms. The van der Waals surface area contributed by atoms with Gasteiger partial charge in [0, 0.05) is 22.7 Å². The van der Waals surface area contributed by atoms with E-state index >= 15 is 0 Å². The molecule has 0 atom stereocenters. The molecule has 0 aliphatic carbocycles. The molecule has 31 heavy (non-hydrogen) atoms. The van der Waals surface area contributed by atoms with E-state index in [1.54, 1.807) is 37.6 Å². The fourth-order valence-electron chi connectivity index (χ4n) is 3.26. The monoisotopic (exact) mass is 442 g/mol. The van der Waals surface area contributed by atoms with Crippen molar-refractivity contribution in [1.82, 2.24) is 4.57 Å². The van der Waals surface area contributed by atoms with Crippen LogP contribution >= 0.6 is 11.3 Å². The van der Waals surface area contributed by atoms with Crippen molar-refractivity contribution in [3.05, 3.63) is 52.0 Å². The van der Waals surface area contributed by atoms with Crippen molar-refractivity contribution in [2.45, 2.75) is 27.3 Å². The quantitative estimate of drug-likeness (QED) is 0.420. The molecule has 0 aliphatic rings. The smallest absolute Gasteiger partial charge is 0.348 e. The number of ether oxygens (including phenoxy) is 2. The Labute approximate surface area is 182 Å². The van der Waals surface area contributed by atoms with Crippen LogP contribution in [-0.4, -0.2) is 41.9 Å². The third kappa shape index (κ3) is 4.51. The van der Waals surface area contributed by atoms with E-state index in [1.165, 1.54) is 0 Å². The summed E-state index contributed by atoms with van der Waals surface area (Å²) in [4.78, 5) is 49.1. The third-order valence-electron chi connectivity index (χ3n) is 4.60. The minimum absolute atomic E-state index is 0.0810. The first-order valence-electron chi connectivity index (χ1n) is 9.71. The lowest BCUT2D eigenvalue weighted by atomic mass is 10.1. The van der Waals surface area contributed by atoms with E-state index in [4.69, 9.17) is 9.47 Å². The van der Waals surface area contributed by atoms with Gasteiger partial charge in [-0.1, -0.05) is 18.2 Å². The Kier molecular flexibility index (Phi) is 6.86. The lowest BCUT2D eigenvalue weighted by Gasteiger charge is -2.08. The lowest BCUT2D eigenvalue weighted by molar-refractivity contribution is -0.116. The number of amides is 1. The van der Waals surface area contributed by atoms with Crippen molar-refractivity contribution in [1.29, 1.82) is 0 Å². The molecule has 1 aromatic carbocycles. The number of thiophene rings is 1. The van der Waals surface area contributed by atoms with E-state index in [1.807, 2.05) is 18.2 Å². The van der Waals surface area contributed by atoms with Crippen LogP contribution in [0.3, 0.4) is 0 Å². The maximum Gasteiger partial charge on any atom is 0.348 e. The van der Waals surface area contributed by atoms with Crippen molar-refractivity contribution in [3.8, 4) is 0 Å². The molecule has 0 fully saturated rings. The number of nitrogens with zero attached hydrogens (tertiary/aromatic N) is 1. The highest BCUT2D eigenvalue weighted by atomic mass is 32.1. The highest BCUT2D eigenvalue weighted by Gasteiger charge is 2.27. The molecule has 0 radical (unpaired) electrons. The van der Waals surface area contributed by atoms with Gasteiger partial charge in [0.25, 0.3) is 0 Å². The van der Waals surface area contributed by atoms with Gasteiger partial charge in [0.1, 0.15) is 16.4 Å². The number of para-hydroxylation sites is 1. The lowest BCUT2D eigenvalue weighted by Crippen LogP contribution is -2.19. The summed E-state index contributed by atoms with van der Waals surface area (Å²) in [5.41, 5.74) is 1.74. The number of hydrogen-bond acceptors (Lipinski definition) is 7. The SMILES string of the molecule is CCOC(=O)c1sc(NC(=O)Cn2cc(C=O)c3ccccc32)c(C(=O)OCC)c1C. The van der Waals surface area contributed by atoms with Crippen molar-refractivity contribution >= 4 is 51.4 Å². The van der Waals surface area contributed by atoms with Gasteiger partial charge < -0.3 is 19.4 Å². The summed E-state index contributed by atoms with van der Waals surface area (Å²) in [5.74, 6) is -1.61. The summed E-state index contributed by atoms with van der Waals surface area (Å²) in [7, 11) is 0. The first-order valence-corrected chi connectivity index (χ1v) is 10.5. The highest BCUT2D eigenvalue weighted by Crippen LogP contribution is 2.34. The Morgan fingerprint density at radius 1 is 1.10 bits per heavy atom. The van der Waals surface area contributed by atoms with E-state index < -0.39 is 17.8 Å². The van der Waals surface area contributed by atoms with Crippen LogP contribution in [0, 0.1) is 6.92 Å². The summed E-state index contributed by atoms with van der Waals surface area (Å²) < 4.78 is 11.8. The Morgan fingerprint density at radius 3 is 2.45 bits per heavy atom. The summed E-state index contributed by atoms with van der Waals surface area (Å²) in [6.45, 7) is 5.23. The molecule has 2 aromatic heterocycles. The topological polar surface area (TPSA) is 104 Å². The highest BCUT2D eigenvalue weighted by molar-refractivity contribution is 7.18. The second kappa shape index (κ2) is 9.57. The zero-order chi connectivity index (χ0) is 22.5. The molecule has 2 heterocycles. The molecule has 0 saturated carbocycles. The number of nitrogens with one attached hydrogen (secondary N) is 1. The van der Waals surface area contributed by atoms with Gasteiger partial charge in [-0.05, 0) is 32.4 Å². The number of aromatic nitrogens is 1. The van der Waals surface area contributed by atoms with Crippen molar-refractivity contribution in [3.63, 3.8) is 0 Å². The van der Waals surface area contributed by atoms with Crippen LogP contribution in [0.5, 0.6) is 0 Å². The van der Waals surface area contributed by atoms with Gasteiger partial charge in [-0.3, -0.25) is 9.59 Å². The summed E-state index contributed by atoms with van der Waals surface area (Å²) in [5, 5.41) is 3.67. The van der Waals surface area contributed by atoms with Crippen LogP contribution in [-0.2, 0) is 20.8 Å². The average Bonchev–Trinajstić information content (AvgIpc) is 3.26. The molecule has 0 spiro atoms. The van der Waals surface area contributed by atoms with Crippen molar-refractivity contribution < 1.29 is 28.7 Å². The number of fused-ring (bicyclic) bond motifs is 1. The first kappa shape index (κ1) is 22.2. The van der Waals surface area contributed by atoms with Crippen LogP contribution < -0.4 is 5.32 Å². The number of esters is 2. The van der Waals surface area contributed by atoms with E-state index in [-0.39, 0.29) is 35.2 Å². The Bertz CT molecular complexity index is 1160. The number of carbonyl (C=O) groups excluding carboxylic acids is 4. The molecule has 1 N–H and O–H groups in total. The number of anilines is 1. The van der Waals surface area contributed by atoms with Gasteiger partial charge in [0.15, 0.2) is 6.29 Å². The number of benzene rings is 1. The number of hydrogen-bond donors (Lipinski definition) is 1. The number of carbonyl (C=O) groups is 4. The van der Waals surface area contributed by atoms with Crippen LogP contribution in [0.4, 0.5) is 5.00 Å². The molecule has 3 rings (SSSR count). The summed E-state index contributed by atoms with van der Waals surface area (Å²) in [6.07, 6.45) is 2.34. The molecule has 8 nitrogen and oxygen atoms in total. The molecule has 0 unspecified atom stereocenters. The van der Waals surface area contributed by atoms with Crippen LogP contribution in [0.25, 0.3) is 10.9 Å². The number of aldehydes is 1. The predicted octanol–water partition coefficient (Wildman–Crippen LogP) is 3.82.